The van der Waals surface area contributed by atoms with Crippen LogP contribution in [0.25, 0.3) is 0 Å². The number of alkyl halides is 3. The third kappa shape index (κ3) is 4.90. The highest BCUT2D eigenvalue weighted by Crippen LogP contribution is 2.34. The van der Waals surface area contributed by atoms with Crippen molar-refractivity contribution in [2.45, 2.75) is 51.5 Å². The van der Waals surface area contributed by atoms with E-state index in [4.69, 9.17) is 4.74 Å². The second-order valence-corrected chi connectivity index (χ2v) is 10.9. The van der Waals surface area contributed by atoms with Crippen LogP contribution in [0.2, 0.25) is 18.1 Å². The molecule has 0 amide bonds. The fourth-order valence-corrected chi connectivity index (χ4v) is 6.90. The first kappa shape index (κ1) is 18.8. The van der Waals surface area contributed by atoms with E-state index in [2.05, 4.69) is 0 Å². The summed E-state index contributed by atoms with van der Waals surface area (Å²) in [5.74, 6) is 0.718. The van der Waals surface area contributed by atoms with Gasteiger partial charge in [0.15, 0.2) is 0 Å². The van der Waals surface area contributed by atoms with Gasteiger partial charge in [-0.3, -0.25) is 0 Å². The number of hydrogen-bond acceptors (Lipinski definition) is 1. The van der Waals surface area contributed by atoms with E-state index in [-0.39, 0.29) is 0 Å². The van der Waals surface area contributed by atoms with Crippen molar-refractivity contribution in [3.05, 3.63) is 41.1 Å². The van der Waals surface area contributed by atoms with Crippen molar-refractivity contribution in [2.75, 3.05) is 7.11 Å². The fraction of sp³-hybridized carbons (Fsp3) is 0.529. The summed E-state index contributed by atoms with van der Waals surface area (Å²) in [6, 6.07) is 9.84. The first-order chi connectivity index (χ1) is 10.3. The SMILES string of the molecule is CC[Si](CC)(CC)/C(=C/C(F)(F)F)Cc1ccc(OC)cc1. The molecule has 0 atom stereocenters. The van der Waals surface area contributed by atoms with E-state index in [9.17, 15) is 13.2 Å². The van der Waals surface area contributed by atoms with E-state index >= 15 is 0 Å². The highest BCUT2D eigenvalue weighted by Gasteiger charge is 2.35. The zero-order valence-electron chi connectivity index (χ0n) is 13.8. The Kier molecular flexibility index (Phi) is 6.72. The minimum absolute atomic E-state index is 0.380. The molecule has 0 saturated heterocycles. The van der Waals surface area contributed by atoms with Gasteiger partial charge in [0.2, 0.25) is 0 Å². The first-order valence-electron chi connectivity index (χ1n) is 7.72. The molecule has 0 unspecified atom stereocenters. The summed E-state index contributed by atoms with van der Waals surface area (Å²) in [4.78, 5) is 0. The molecule has 0 aromatic heterocycles. The van der Waals surface area contributed by atoms with Crippen LogP contribution in [0, 0.1) is 0 Å². The first-order valence-corrected chi connectivity index (χ1v) is 10.3. The topological polar surface area (TPSA) is 9.23 Å². The van der Waals surface area contributed by atoms with Gasteiger partial charge in [0, 0.05) is 6.08 Å². The van der Waals surface area contributed by atoms with Crippen molar-refractivity contribution < 1.29 is 17.9 Å². The van der Waals surface area contributed by atoms with Crippen LogP contribution in [0.4, 0.5) is 13.2 Å². The number of methoxy groups -OCH3 is 1. The largest absolute Gasteiger partial charge is 0.497 e. The van der Waals surface area contributed by atoms with E-state index in [0.717, 1.165) is 29.4 Å². The van der Waals surface area contributed by atoms with Crippen molar-refractivity contribution in [1.29, 1.82) is 0 Å². The molecule has 124 valence electrons. The molecule has 0 saturated carbocycles. The minimum Gasteiger partial charge on any atom is -0.497 e. The van der Waals surface area contributed by atoms with Crippen LogP contribution in [-0.4, -0.2) is 21.4 Å². The van der Waals surface area contributed by atoms with Gasteiger partial charge in [-0.15, -0.1) is 0 Å². The van der Waals surface area contributed by atoms with E-state index in [1.807, 2.05) is 32.9 Å². The van der Waals surface area contributed by atoms with Gasteiger partial charge < -0.3 is 4.74 Å². The van der Waals surface area contributed by atoms with Crippen LogP contribution in [0.3, 0.4) is 0 Å². The van der Waals surface area contributed by atoms with Crippen molar-refractivity contribution in [3.8, 4) is 5.75 Å². The Morgan fingerprint density at radius 3 is 1.91 bits per heavy atom. The molecule has 1 nitrogen and oxygen atoms in total. The summed E-state index contributed by atoms with van der Waals surface area (Å²) in [5.41, 5.74) is 0.906. The Labute approximate surface area is 132 Å². The van der Waals surface area contributed by atoms with Crippen LogP contribution in [0.5, 0.6) is 5.75 Å². The van der Waals surface area contributed by atoms with Gasteiger partial charge in [-0.05, 0) is 24.1 Å². The third-order valence-corrected chi connectivity index (χ3v) is 10.3. The summed E-state index contributed by atoms with van der Waals surface area (Å²) < 4.78 is 44.1. The van der Waals surface area contributed by atoms with Crippen molar-refractivity contribution in [1.82, 2.24) is 0 Å². The van der Waals surface area contributed by atoms with Crippen LogP contribution < -0.4 is 4.74 Å². The Bertz CT molecular complexity index is 479. The number of allylic oxidation sites excluding steroid dienone is 2. The molecule has 1 aromatic rings. The molecule has 0 fully saturated rings. The van der Waals surface area contributed by atoms with E-state index < -0.39 is 14.3 Å². The average Bonchev–Trinajstić information content (AvgIpc) is 2.49. The van der Waals surface area contributed by atoms with Gasteiger partial charge >= 0.3 is 6.18 Å². The smallest absolute Gasteiger partial charge is 0.409 e. The fourth-order valence-electron chi connectivity index (χ4n) is 2.98. The lowest BCUT2D eigenvalue weighted by Gasteiger charge is -2.32. The van der Waals surface area contributed by atoms with Gasteiger partial charge in [0.1, 0.15) is 5.75 Å². The average molecular weight is 330 g/mol. The Morgan fingerprint density at radius 1 is 1.05 bits per heavy atom. The molecule has 0 spiro atoms. The zero-order valence-corrected chi connectivity index (χ0v) is 14.8. The summed E-state index contributed by atoms with van der Waals surface area (Å²) in [6.07, 6.45) is -3.30. The molecule has 1 aromatic carbocycles. The van der Waals surface area contributed by atoms with Gasteiger partial charge in [0.25, 0.3) is 0 Å². The lowest BCUT2D eigenvalue weighted by molar-refractivity contribution is -0.0803. The Balaban J connectivity index is 3.18. The van der Waals surface area contributed by atoms with Gasteiger partial charge in [0.05, 0.1) is 15.2 Å². The molecule has 0 bridgehead atoms. The predicted molar refractivity (Wildman–Crippen MR) is 88.0 cm³/mol. The molecule has 1 rings (SSSR count). The second kappa shape index (κ2) is 7.86. The molecule has 0 aliphatic carbocycles. The Morgan fingerprint density at radius 2 is 1.55 bits per heavy atom. The number of hydrogen-bond donors (Lipinski definition) is 0. The van der Waals surface area contributed by atoms with Crippen LogP contribution in [-0.2, 0) is 6.42 Å². The van der Waals surface area contributed by atoms with Gasteiger partial charge in [-0.25, -0.2) is 0 Å². The van der Waals surface area contributed by atoms with E-state index in [1.165, 1.54) is 0 Å². The monoisotopic (exact) mass is 330 g/mol. The molecular formula is C17H25F3OSi. The second-order valence-electron chi connectivity index (χ2n) is 5.58. The Hall–Kier alpha value is -1.23. The number of halogens is 3. The van der Waals surface area contributed by atoms with Crippen molar-refractivity contribution in [3.63, 3.8) is 0 Å². The normalized spacial score (nSPS) is 13.3. The van der Waals surface area contributed by atoms with E-state index in [1.54, 1.807) is 19.2 Å². The maximum atomic E-state index is 13.0. The van der Waals surface area contributed by atoms with Crippen molar-refractivity contribution in [2.24, 2.45) is 0 Å². The van der Waals surface area contributed by atoms with Gasteiger partial charge in [-0.1, -0.05) is 56.2 Å². The summed E-state index contributed by atoms with van der Waals surface area (Å²) in [6.45, 7) is 6.08. The van der Waals surface area contributed by atoms with Crippen molar-refractivity contribution >= 4 is 8.07 Å². The molecular weight excluding hydrogens is 305 g/mol. The van der Waals surface area contributed by atoms with Crippen LogP contribution in [0.15, 0.2) is 35.5 Å². The minimum atomic E-state index is -4.25. The summed E-state index contributed by atoms with van der Waals surface area (Å²) in [5, 5.41) is 0.609. The lowest BCUT2D eigenvalue weighted by Crippen LogP contribution is -2.36. The highest BCUT2D eigenvalue weighted by molar-refractivity contribution is 6.86. The number of benzene rings is 1. The maximum absolute atomic E-state index is 13.0. The third-order valence-electron chi connectivity index (χ3n) is 4.60. The molecule has 0 heterocycles. The predicted octanol–water partition coefficient (Wildman–Crippen LogP) is 5.77. The van der Waals surface area contributed by atoms with Crippen LogP contribution in [0.1, 0.15) is 26.3 Å². The van der Waals surface area contributed by atoms with E-state index in [0.29, 0.717) is 17.7 Å². The lowest BCUT2D eigenvalue weighted by atomic mass is 10.1. The number of rotatable bonds is 7. The molecule has 0 N–H and O–H groups in total. The summed E-state index contributed by atoms with van der Waals surface area (Å²) >= 11 is 0. The zero-order chi connectivity index (χ0) is 16.8. The number of ether oxygens (including phenoxy) is 1. The molecule has 22 heavy (non-hydrogen) atoms. The molecule has 0 aliphatic rings. The standard InChI is InChI=1S/C17H25F3OSi/c1-5-22(6-2,7-3)16(13-17(18,19)20)12-14-8-10-15(21-4)11-9-14/h8-11,13H,5-7,12H2,1-4H3/b16-13+. The molecule has 5 heteroatoms. The quantitative estimate of drug-likeness (QED) is 0.576. The molecule has 0 radical (unpaired) electrons. The summed E-state index contributed by atoms with van der Waals surface area (Å²) in [7, 11) is -0.475. The van der Waals surface area contributed by atoms with Crippen LogP contribution >= 0.6 is 0 Å². The maximum Gasteiger partial charge on any atom is 0.409 e. The van der Waals surface area contributed by atoms with Gasteiger partial charge in [-0.2, -0.15) is 13.2 Å². The highest BCUT2D eigenvalue weighted by atomic mass is 28.3. The molecule has 0 aliphatic heterocycles.